The van der Waals surface area contributed by atoms with E-state index >= 15 is 0 Å². The van der Waals surface area contributed by atoms with Gasteiger partial charge in [0.25, 0.3) is 0 Å². The molecule has 0 saturated heterocycles. The largest absolute Gasteiger partial charge is 0.497 e. The van der Waals surface area contributed by atoms with Crippen LogP contribution < -0.4 is 19.5 Å². The molecule has 0 aromatic heterocycles. The van der Waals surface area contributed by atoms with Gasteiger partial charge in [0.2, 0.25) is 10.0 Å². The monoisotopic (exact) mass is 610 g/mol. The molecule has 39 heavy (non-hydrogen) atoms. The third-order valence-electron chi connectivity index (χ3n) is 6.24. The average molecular weight is 612 g/mol. The third-order valence-corrected chi connectivity index (χ3v) is 8.58. The van der Waals surface area contributed by atoms with E-state index in [-0.39, 0.29) is 18.0 Å². The molecule has 0 aliphatic rings. The van der Waals surface area contributed by atoms with Gasteiger partial charge in [0.1, 0.15) is 22.1 Å². The molecule has 204 valence electrons. The minimum atomic E-state index is -3.92. The van der Waals surface area contributed by atoms with Gasteiger partial charge in [-0.1, -0.05) is 52.3 Å². The zero-order valence-electron chi connectivity index (χ0n) is 22.1. The average Bonchev–Trinajstić information content (AvgIpc) is 2.96. The number of ether oxygens (including phenoxy) is 3. The number of anilines is 1. The van der Waals surface area contributed by atoms with E-state index in [1.165, 1.54) is 4.31 Å². The van der Waals surface area contributed by atoms with Crippen molar-refractivity contribution in [1.29, 1.82) is 0 Å². The van der Waals surface area contributed by atoms with Crippen molar-refractivity contribution in [3.63, 3.8) is 0 Å². The number of benzene rings is 4. The van der Waals surface area contributed by atoms with Crippen LogP contribution in [0.1, 0.15) is 16.7 Å². The van der Waals surface area contributed by atoms with Crippen LogP contribution in [0.4, 0.5) is 5.69 Å². The zero-order chi connectivity index (χ0) is 27.8. The molecule has 0 atom stereocenters. The second-order valence-corrected chi connectivity index (χ2v) is 11.6. The molecule has 9 heteroatoms. The maximum atomic E-state index is 14.2. The van der Waals surface area contributed by atoms with E-state index in [1.807, 2.05) is 72.8 Å². The Balaban J connectivity index is 1.67. The van der Waals surface area contributed by atoms with E-state index in [2.05, 4.69) is 21.2 Å². The molecule has 4 rings (SSSR count). The minimum absolute atomic E-state index is 0.187. The molecular formula is C30H31BrN2O5S. The number of halogens is 1. The summed E-state index contributed by atoms with van der Waals surface area (Å²) < 4.78 is 46.5. The van der Waals surface area contributed by atoms with Crippen LogP contribution in [0.25, 0.3) is 0 Å². The van der Waals surface area contributed by atoms with Crippen LogP contribution in [-0.2, 0) is 29.7 Å². The number of sulfonamides is 1. The van der Waals surface area contributed by atoms with Crippen molar-refractivity contribution in [2.45, 2.75) is 24.5 Å². The quantitative estimate of drug-likeness (QED) is 0.198. The molecule has 0 aliphatic heterocycles. The van der Waals surface area contributed by atoms with Gasteiger partial charge in [-0.25, -0.2) is 8.42 Å². The maximum absolute atomic E-state index is 14.2. The Kier molecular flexibility index (Phi) is 9.50. The molecule has 0 bridgehead atoms. The number of nitrogens with one attached hydrogen (secondary N) is 1. The first-order chi connectivity index (χ1) is 18.8. The van der Waals surface area contributed by atoms with Gasteiger partial charge >= 0.3 is 0 Å². The first kappa shape index (κ1) is 28.5. The summed E-state index contributed by atoms with van der Waals surface area (Å²) in [7, 11) is 0.898. The van der Waals surface area contributed by atoms with E-state index in [4.69, 9.17) is 14.2 Å². The second-order valence-electron chi connectivity index (χ2n) is 8.81. The van der Waals surface area contributed by atoms with Crippen molar-refractivity contribution >= 4 is 31.6 Å². The van der Waals surface area contributed by atoms with Crippen molar-refractivity contribution in [2.24, 2.45) is 0 Å². The van der Waals surface area contributed by atoms with Crippen LogP contribution in [0.2, 0.25) is 0 Å². The van der Waals surface area contributed by atoms with E-state index in [0.29, 0.717) is 23.7 Å². The molecule has 0 aliphatic carbocycles. The van der Waals surface area contributed by atoms with Crippen molar-refractivity contribution in [2.75, 3.05) is 26.6 Å². The van der Waals surface area contributed by atoms with Crippen molar-refractivity contribution in [1.82, 2.24) is 4.31 Å². The van der Waals surface area contributed by atoms with E-state index in [9.17, 15) is 8.42 Å². The van der Waals surface area contributed by atoms with Gasteiger partial charge in [-0.15, -0.1) is 0 Å². The van der Waals surface area contributed by atoms with Gasteiger partial charge in [0.05, 0.1) is 27.0 Å². The first-order valence-corrected chi connectivity index (χ1v) is 14.5. The second kappa shape index (κ2) is 13.0. The molecular weight excluding hydrogens is 580 g/mol. The fraction of sp³-hybridized carbons (Fsp3) is 0.200. The molecule has 0 radical (unpaired) electrons. The first-order valence-electron chi connectivity index (χ1n) is 12.2. The summed E-state index contributed by atoms with van der Waals surface area (Å²) in [6, 6.07) is 27.6. The van der Waals surface area contributed by atoms with Crippen molar-refractivity contribution < 1.29 is 22.6 Å². The van der Waals surface area contributed by atoms with E-state index < -0.39 is 10.0 Å². The maximum Gasteiger partial charge on any atom is 0.245 e. The summed E-state index contributed by atoms with van der Waals surface area (Å²) >= 11 is 3.49. The van der Waals surface area contributed by atoms with Gasteiger partial charge in [-0.2, -0.15) is 4.31 Å². The van der Waals surface area contributed by atoms with Crippen LogP contribution >= 0.6 is 15.9 Å². The topological polar surface area (TPSA) is 77.1 Å². The molecule has 0 fully saturated rings. The van der Waals surface area contributed by atoms with Gasteiger partial charge < -0.3 is 19.5 Å². The number of hydrogen-bond donors (Lipinski definition) is 1. The Bertz CT molecular complexity index is 1430. The predicted octanol–water partition coefficient (Wildman–Crippen LogP) is 6.48. The molecule has 0 amide bonds. The lowest BCUT2D eigenvalue weighted by Crippen LogP contribution is -2.31. The van der Waals surface area contributed by atoms with Crippen molar-refractivity contribution in [3.8, 4) is 17.2 Å². The summed E-state index contributed by atoms with van der Waals surface area (Å²) in [6.45, 7) is 0.818. The summed E-state index contributed by atoms with van der Waals surface area (Å²) in [5.74, 6) is 2.18. The highest BCUT2D eigenvalue weighted by Gasteiger charge is 2.28. The third kappa shape index (κ3) is 7.32. The van der Waals surface area contributed by atoms with Gasteiger partial charge in [0, 0.05) is 24.1 Å². The van der Waals surface area contributed by atoms with Crippen molar-refractivity contribution in [3.05, 3.63) is 112 Å². The van der Waals surface area contributed by atoms with Crippen LogP contribution in [0.15, 0.2) is 100 Å². The molecule has 4 aromatic rings. The lowest BCUT2D eigenvalue weighted by Gasteiger charge is -2.24. The van der Waals surface area contributed by atoms with Gasteiger partial charge in [-0.3, -0.25) is 0 Å². The molecule has 1 N–H and O–H groups in total. The van der Waals surface area contributed by atoms with Gasteiger partial charge in [0.15, 0.2) is 0 Å². The summed E-state index contributed by atoms with van der Waals surface area (Å²) in [5.41, 5.74) is 3.19. The smallest absolute Gasteiger partial charge is 0.245 e. The van der Waals surface area contributed by atoms with E-state index in [0.717, 1.165) is 26.9 Å². The highest BCUT2D eigenvalue weighted by atomic mass is 79.9. The SMILES string of the molecule is COc1ccc(CNc2cc(Br)ccc2S(=O)(=O)N(Cc2ccc(OC)cc2)Cc2ccc(OC)cc2)cc1. The highest BCUT2D eigenvalue weighted by Crippen LogP contribution is 2.31. The molecule has 7 nitrogen and oxygen atoms in total. The molecule has 4 aromatic carbocycles. The molecule has 0 spiro atoms. The summed E-state index contributed by atoms with van der Waals surface area (Å²) in [4.78, 5) is 0.196. The van der Waals surface area contributed by atoms with Crippen LogP contribution in [0, 0.1) is 0 Å². The molecule has 0 saturated carbocycles. The van der Waals surface area contributed by atoms with E-state index in [1.54, 1.807) is 39.5 Å². The lowest BCUT2D eigenvalue weighted by atomic mass is 10.2. The Morgan fingerprint density at radius 1 is 0.667 bits per heavy atom. The highest BCUT2D eigenvalue weighted by molar-refractivity contribution is 9.10. The Hall–Kier alpha value is -3.53. The van der Waals surface area contributed by atoms with Crippen LogP contribution in [0.5, 0.6) is 17.2 Å². The lowest BCUT2D eigenvalue weighted by molar-refractivity contribution is 0.398. The summed E-state index contributed by atoms with van der Waals surface area (Å²) in [6.07, 6.45) is 0. The fourth-order valence-electron chi connectivity index (χ4n) is 4.04. The van der Waals surface area contributed by atoms with Crippen LogP contribution in [-0.4, -0.2) is 34.1 Å². The Morgan fingerprint density at radius 3 is 1.54 bits per heavy atom. The number of rotatable bonds is 12. The zero-order valence-corrected chi connectivity index (χ0v) is 24.5. The number of hydrogen-bond acceptors (Lipinski definition) is 6. The molecule has 0 heterocycles. The number of methoxy groups -OCH3 is 3. The number of nitrogens with zero attached hydrogens (tertiary/aromatic N) is 1. The minimum Gasteiger partial charge on any atom is -0.497 e. The standard InChI is InChI=1S/C30H31BrN2O5S/c1-36-26-11-4-22(5-12-26)19-32-29-18-25(31)10-17-30(29)39(34,35)33(20-23-6-13-27(37-2)14-7-23)21-24-8-15-28(38-3)16-9-24/h4-18,32H,19-21H2,1-3H3. The predicted molar refractivity (Wildman–Crippen MR) is 157 cm³/mol. The fourth-order valence-corrected chi connectivity index (χ4v) is 5.97. The normalized spacial score (nSPS) is 11.3. The summed E-state index contributed by atoms with van der Waals surface area (Å²) in [5, 5.41) is 3.32. The molecule has 0 unspecified atom stereocenters. The Morgan fingerprint density at radius 2 is 1.10 bits per heavy atom. The van der Waals surface area contributed by atoms with Crippen LogP contribution in [0.3, 0.4) is 0 Å². The Labute approximate surface area is 238 Å². The van der Waals surface area contributed by atoms with Gasteiger partial charge in [-0.05, 0) is 71.3 Å².